The number of hydrogen-bond donors (Lipinski definition) is 1. The van der Waals surface area contributed by atoms with Gasteiger partial charge in [0.2, 0.25) is 0 Å². The number of carboxylic acid groups (broad SMARTS) is 1. The average molecular weight is 186 g/mol. The second-order valence-corrected chi connectivity index (χ2v) is 3.03. The van der Waals surface area contributed by atoms with Crippen molar-refractivity contribution in [3.8, 4) is 0 Å². The van der Waals surface area contributed by atoms with Crippen LogP contribution in [0.25, 0.3) is 0 Å². The third-order valence-corrected chi connectivity index (χ3v) is 1.84. The molecule has 0 aliphatic carbocycles. The third-order valence-electron chi connectivity index (χ3n) is 1.84. The Morgan fingerprint density at radius 2 is 2.08 bits per heavy atom. The number of aliphatic carboxylic acids is 1. The maximum Gasteiger partial charge on any atom is 0.330 e. The molecule has 1 N–H and O–H groups in total. The number of carboxylic acids is 1. The summed E-state index contributed by atoms with van der Waals surface area (Å²) in [7, 11) is 1.69. The van der Waals surface area contributed by atoms with Crippen LogP contribution in [-0.4, -0.2) is 24.8 Å². The first kappa shape index (κ1) is 12.2. The van der Waals surface area contributed by atoms with E-state index in [1.54, 1.807) is 20.1 Å². The van der Waals surface area contributed by atoms with Gasteiger partial charge in [-0.05, 0) is 26.2 Å². The minimum absolute atomic E-state index is 0.437. The van der Waals surface area contributed by atoms with E-state index >= 15 is 0 Å². The molecule has 0 aliphatic rings. The van der Waals surface area contributed by atoms with E-state index in [1.165, 1.54) is 0 Å². The minimum Gasteiger partial charge on any atom is -0.478 e. The van der Waals surface area contributed by atoms with Gasteiger partial charge in [0.05, 0.1) is 0 Å². The molecule has 3 heteroatoms. The molecule has 0 unspecified atom stereocenters. The molecule has 0 bridgehead atoms. The Hall–Kier alpha value is -0.830. The number of ether oxygens (including phenoxy) is 1. The van der Waals surface area contributed by atoms with Crippen molar-refractivity contribution in [1.82, 2.24) is 0 Å². The van der Waals surface area contributed by atoms with Crippen molar-refractivity contribution in [2.75, 3.05) is 13.7 Å². The number of hydrogen-bond acceptors (Lipinski definition) is 2. The van der Waals surface area contributed by atoms with E-state index in [2.05, 4.69) is 0 Å². The fraction of sp³-hybridized carbons (Fsp3) is 0.700. The molecule has 0 saturated carbocycles. The van der Waals surface area contributed by atoms with E-state index in [9.17, 15) is 4.79 Å². The highest BCUT2D eigenvalue weighted by Gasteiger charge is 1.97. The van der Waals surface area contributed by atoms with Gasteiger partial charge in [-0.1, -0.05) is 12.5 Å². The van der Waals surface area contributed by atoms with Crippen molar-refractivity contribution in [3.05, 3.63) is 11.6 Å². The first-order chi connectivity index (χ1) is 6.18. The van der Waals surface area contributed by atoms with Crippen molar-refractivity contribution in [3.63, 3.8) is 0 Å². The van der Waals surface area contributed by atoms with Gasteiger partial charge in [-0.3, -0.25) is 0 Å². The van der Waals surface area contributed by atoms with Crippen LogP contribution in [-0.2, 0) is 9.53 Å². The summed E-state index contributed by atoms with van der Waals surface area (Å²) in [5.41, 5.74) is 0.437. The van der Waals surface area contributed by atoms with Gasteiger partial charge in [0.25, 0.3) is 0 Å². The lowest BCUT2D eigenvalue weighted by molar-refractivity contribution is -0.132. The fourth-order valence-electron chi connectivity index (χ4n) is 0.973. The molecule has 0 atom stereocenters. The predicted octanol–water partition coefficient (Wildman–Crippen LogP) is 2.22. The van der Waals surface area contributed by atoms with Gasteiger partial charge in [-0.25, -0.2) is 4.79 Å². The van der Waals surface area contributed by atoms with Crippen molar-refractivity contribution in [2.45, 2.75) is 32.6 Å². The SMILES string of the molecule is COCCCCCC=C(C)C(=O)O. The van der Waals surface area contributed by atoms with E-state index in [4.69, 9.17) is 9.84 Å². The van der Waals surface area contributed by atoms with Crippen LogP contribution in [0.5, 0.6) is 0 Å². The Morgan fingerprint density at radius 1 is 1.38 bits per heavy atom. The summed E-state index contributed by atoms with van der Waals surface area (Å²) in [5, 5.41) is 8.53. The van der Waals surface area contributed by atoms with Gasteiger partial charge in [0.1, 0.15) is 0 Å². The zero-order chi connectivity index (χ0) is 10.1. The summed E-state index contributed by atoms with van der Waals surface area (Å²) >= 11 is 0. The van der Waals surface area contributed by atoms with Crippen LogP contribution in [0.4, 0.5) is 0 Å². The molecule has 0 aliphatic heterocycles. The largest absolute Gasteiger partial charge is 0.478 e. The number of rotatable bonds is 7. The van der Waals surface area contributed by atoms with Crippen molar-refractivity contribution in [2.24, 2.45) is 0 Å². The third kappa shape index (κ3) is 7.53. The molecule has 0 aromatic carbocycles. The molecular formula is C10H18O3. The lowest BCUT2D eigenvalue weighted by Crippen LogP contribution is -1.95. The lowest BCUT2D eigenvalue weighted by Gasteiger charge is -1.97. The van der Waals surface area contributed by atoms with Crippen LogP contribution in [0.3, 0.4) is 0 Å². The fourth-order valence-corrected chi connectivity index (χ4v) is 0.973. The van der Waals surface area contributed by atoms with Gasteiger partial charge < -0.3 is 9.84 Å². The van der Waals surface area contributed by atoms with Gasteiger partial charge in [0, 0.05) is 19.3 Å². The Bertz CT molecular complexity index is 173. The van der Waals surface area contributed by atoms with Gasteiger partial charge >= 0.3 is 5.97 Å². The normalized spacial score (nSPS) is 11.7. The molecule has 13 heavy (non-hydrogen) atoms. The zero-order valence-electron chi connectivity index (χ0n) is 8.38. The Balaban J connectivity index is 3.34. The summed E-state index contributed by atoms with van der Waals surface area (Å²) in [4.78, 5) is 10.4. The molecule has 0 radical (unpaired) electrons. The van der Waals surface area contributed by atoms with E-state index in [1.807, 2.05) is 0 Å². The first-order valence-electron chi connectivity index (χ1n) is 4.57. The Labute approximate surface area is 79.4 Å². The molecule has 3 nitrogen and oxygen atoms in total. The number of allylic oxidation sites excluding steroid dienone is 1. The summed E-state index contributed by atoms with van der Waals surface area (Å²) in [6.07, 6.45) is 5.80. The molecule has 0 aromatic heterocycles. The number of carbonyl (C=O) groups is 1. The number of unbranched alkanes of at least 4 members (excludes halogenated alkanes) is 3. The van der Waals surface area contributed by atoms with E-state index in [0.29, 0.717) is 5.57 Å². The molecule has 0 saturated heterocycles. The lowest BCUT2D eigenvalue weighted by atomic mass is 10.1. The van der Waals surface area contributed by atoms with Crippen molar-refractivity contribution < 1.29 is 14.6 Å². The Morgan fingerprint density at radius 3 is 2.62 bits per heavy atom. The topological polar surface area (TPSA) is 46.5 Å². The summed E-state index contributed by atoms with van der Waals surface area (Å²) in [6, 6.07) is 0. The monoisotopic (exact) mass is 186 g/mol. The second kappa shape index (κ2) is 7.80. The summed E-state index contributed by atoms with van der Waals surface area (Å²) in [6.45, 7) is 2.42. The molecule has 0 spiro atoms. The van der Waals surface area contributed by atoms with Crippen molar-refractivity contribution >= 4 is 5.97 Å². The second-order valence-electron chi connectivity index (χ2n) is 3.03. The highest BCUT2D eigenvalue weighted by Crippen LogP contribution is 2.03. The number of methoxy groups -OCH3 is 1. The maximum atomic E-state index is 10.4. The average Bonchev–Trinajstić information content (AvgIpc) is 2.10. The molecule has 0 rings (SSSR count). The van der Waals surface area contributed by atoms with E-state index in [0.717, 1.165) is 32.3 Å². The molecule has 76 valence electrons. The Kier molecular flexibility index (Phi) is 7.30. The first-order valence-corrected chi connectivity index (χ1v) is 4.57. The van der Waals surface area contributed by atoms with Crippen LogP contribution < -0.4 is 0 Å². The van der Waals surface area contributed by atoms with Crippen LogP contribution in [0.2, 0.25) is 0 Å². The minimum atomic E-state index is -0.822. The smallest absolute Gasteiger partial charge is 0.330 e. The highest BCUT2D eigenvalue weighted by molar-refractivity contribution is 5.85. The molecule has 0 aromatic rings. The summed E-state index contributed by atoms with van der Waals surface area (Å²) in [5.74, 6) is -0.822. The zero-order valence-corrected chi connectivity index (χ0v) is 8.38. The van der Waals surface area contributed by atoms with Gasteiger partial charge in [-0.15, -0.1) is 0 Å². The van der Waals surface area contributed by atoms with Gasteiger partial charge in [0.15, 0.2) is 0 Å². The van der Waals surface area contributed by atoms with Crippen LogP contribution in [0, 0.1) is 0 Å². The predicted molar refractivity (Wildman–Crippen MR) is 51.7 cm³/mol. The maximum absolute atomic E-state index is 10.4. The molecule has 0 amide bonds. The van der Waals surface area contributed by atoms with E-state index < -0.39 is 5.97 Å². The van der Waals surface area contributed by atoms with Crippen LogP contribution in [0.15, 0.2) is 11.6 Å². The molecule has 0 heterocycles. The quantitative estimate of drug-likeness (QED) is 0.490. The van der Waals surface area contributed by atoms with Crippen molar-refractivity contribution in [1.29, 1.82) is 0 Å². The summed E-state index contributed by atoms with van der Waals surface area (Å²) < 4.78 is 4.90. The molecular weight excluding hydrogens is 168 g/mol. The highest BCUT2D eigenvalue weighted by atomic mass is 16.5. The van der Waals surface area contributed by atoms with Crippen LogP contribution >= 0.6 is 0 Å². The van der Waals surface area contributed by atoms with Crippen LogP contribution in [0.1, 0.15) is 32.6 Å². The van der Waals surface area contributed by atoms with Gasteiger partial charge in [-0.2, -0.15) is 0 Å². The molecule has 0 fully saturated rings. The van der Waals surface area contributed by atoms with E-state index in [-0.39, 0.29) is 0 Å². The standard InChI is InChI=1S/C10H18O3/c1-9(10(11)12)7-5-3-4-6-8-13-2/h7H,3-6,8H2,1-2H3,(H,11,12).